The van der Waals surface area contributed by atoms with E-state index in [1.54, 1.807) is 26.0 Å². The molecule has 0 aliphatic heterocycles. The van der Waals surface area contributed by atoms with Gasteiger partial charge >= 0.3 is 32.3 Å². The molecule has 0 heterocycles. The molecule has 0 aliphatic rings. The third-order valence-electron chi connectivity index (χ3n) is 2.16. The molecule has 0 unspecified atom stereocenters. The van der Waals surface area contributed by atoms with Crippen molar-refractivity contribution < 1.29 is 39.8 Å². The maximum absolute atomic E-state index is 11.5. The molecule has 1 aromatic rings. The molecule has 4 nitrogen and oxygen atoms in total. The summed E-state index contributed by atoms with van der Waals surface area (Å²) in [7, 11) is -4.44. The molecule has 0 spiro atoms. The molecule has 6 heteroatoms. The van der Waals surface area contributed by atoms with Gasteiger partial charge in [-0.2, -0.15) is 14.7 Å². The van der Waals surface area contributed by atoms with E-state index in [0.717, 1.165) is 5.56 Å². The second-order valence-electron chi connectivity index (χ2n) is 3.65. The van der Waals surface area contributed by atoms with Gasteiger partial charge in [-0.15, -0.1) is 0 Å². The Morgan fingerprint density at radius 1 is 1.12 bits per heavy atom. The minimum absolute atomic E-state index is 0. The number of hydrogen-bond donors (Lipinski definition) is 3. The molecule has 0 aliphatic carbocycles. The van der Waals surface area contributed by atoms with Crippen molar-refractivity contribution in [3.8, 4) is 0 Å². The van der Waals surface area contributed by atoms with Crippen molar-refractivity contribution in [2.75, 3.05) is 0 Å². The molecule has 0 atom stereocenters. The van der Waals surface area contributed by atoms with Crippen molar-refractivity contribution in [3.05, 3.63) is 34.4 Å². The quantitative estimate of drug-likeness (QED) is 0.437. The van der Waals surface area contributed by atoms with Gasteiger partial charge in [0.25, 0.3) is 0 Å². The Kier molecular flexibility index (Phi) is 5.35. The first-order valence-corrected chi connectivity index (χ1v) is 6.08. The summed E-state index contributed by atoms with van der Waals surface area (Å²) in [4.78, 5) is 38.3. The summed E-state index contributed by atoms with van der Waals surface area (Å²) in [6, 6.07) is 3.52. The zero-order valence-corrected chi connectivity index (χ0v) is 10.7. The van der Waals surface area contributed by atoms with E-state index >= 15 is 0 Å². The van der Waals surface area contributed by atoms with Gasteiger partial charge in [0, 0.05) is 0 Å². The van der Waals surface area contributed by atoms with Crippen molar-refractivity contribution in [2.24, 2.45) is 0 Å². The number of benzene rings is 1. The third-order valence-corrected chi connectivity index (χ3v) is 2.93. The van der Waals surface area contributed by atoms with Crippen molar-refractivity contribution in [3.63, 3.8) is 0 Å². The van der Waals surface area contributed by atoms with Gasteiger partial charge in [-0.05, 0) is 31.9 Å². The van der Waals surface area contributed by atoms with E-state index in [9.17, 15) is 4.79 Å². The summed E-state index contributed by atoms with van der Waals surface area (Å²) in [5.74, 6) is 0. The largest absolute Gasteiger partial charge is 1.00 e. The summed E-state index contributed by atoms with van der Waals surface area (Å²) < 4.78 is 0. The zero-order chi connectivity index (χ0) is 11.8. The molecule has 1 aromatic carbocycles. The minimum Gasteiger partial charge on any atom is -1.00 e. The number of aryl methyl sites for hydroxylation is 3. The summed E-state index contributed by atoms with van der Waals surface area (Å²) in [5.41, 5.74) is 1.47. The van der Waals surface area contributed by atoms with Crippen LogP contribution in [0, 0.1) is 20.8 Å². The molecule has 0 saturated carbocycles. The Labute approximate surface area is 109 Å². The van der Waals surface area contributed by atoms with Crippen LogP contribution in [0.3, 0.4) is 0 Å². The van der Waals surface area contributed by atoms with Crippen LogP contribution < -0.4 is 18.9 Å². The monoisotopic (exact) mass is 237 g/mol. The molecule has 0 amide bonds. The molecule has 0 saturated heterocycles. The Balaban J connectivity index is 0. The normalized spacial score (nSPS) is 10.9. The van der Waals surface area contributed by atoms with E-state index in [1.165, 1.54) is 0 Å². The Morgan fingerprint density at radius 3 is 1.81 bits per heavy atom. The van der Waals surface area contributed by atoms with Crippen molar-refractivity contribution >= 4 is 13.5 Å². The van der Waals surface area contributed by atoms with Crippen LogP contribution >= 0.6 is 7.94 Å². The van der Waals surface area contributed by atoms with Gasteiger partial charge in [0.1, 0.15) is 0 Å². The Bertz CT molecular complexity index is 394. The molecular formula is C10H15LiO4P+. The molecule has 1 rings (SSSR count). The van der Waals surface area contributed by atoms with E-state index in [0.29, 0.717) is 11.1 Å². The van der Waals surface area contributed by atoms with Gasteiger partial charge in [-0.25, -0.2) is 4.79 Å². The fourth-order valence-corrected chi connectivity index (χ4v) is 2.32. The SMILES string of the molecule is Cc1cc(C)c(C(=O)[P+](O)(O)O)c(C)c1.[H-].[Li+]. The second kappa shape index (κ2) is 5.42. The zero-order valence-electron chi connectivity index (χ0n) is 10.9. The van der Waals surface area contributed by atoms with Crippen LogP contribution in [0.1, 0.15) is 28.5 Å². The van der Waals surface area contributed by atoms with E-state index in [4.69, 9.17) is 14.7 Å². The topological polar surface area (TPSA) is 77.8 Å². The first kappa shape index (κ1) is 15.8. The molecule has 0 bridgehead atoms. The van der Waals surface area contributed by atoms with Crippen molar-refractivity contribution in [2.45, 2.75) is 20.8 Å². The standard InChI is InChI=1S/C10H14O4P.Li.H/c1-6-4-7(2)9(8(3)5-6)10(11)15(12,13)14;;/h4-5,12-14H,1-3H3;;/q2*+1;-1. The predicted octanol–water partition coefficient (Wildman–Crippen LogP) is -1.39. The molecule has 0 fully saturated rings. The minimum atomic E-state index is -4.44. The van der Waals surface area contributed by atoms with Crippen LogP contribution in [0.5, 0.6) is 0 Å². The summed E-state index contributed by atoms with van der Waals surface area (Å²) in [5, 5.41) is 0. The summed E-state index contributed by atoms with van der Waals surface area (Å²) in [6.07, 6.45) is 0. The number of carbonyl (C=O) groups is 1. The first-order chi connectivity index (χ1) is 6.73. The van der Waals surface area contributed by atoms with E-state index in [1.807, 2.05) is 6.92 Å². The number of carbonyl (C=O) groups excluding carboxylic acids is 1. The van der Waals surface area contributed by atoms with Crippen LogP contribution in [0.15, 0.2) is 12.1 Å². The van der Waals surface area contributed by atoms with E-state index in [2.05, 4.69) is 0 Å². The molecule has 0 radical (unpaired) electrons. The van der Waals surface area contributed by atoms with Gasteiger partial charge < -0.3 is 1.43 Å². The fraction of sp³-hybridized carbons (Fsp3) is 0.300. The molecule has 84 valence electrons. The first-order valence-electron chi connectivity index (χ1n) is 4.43. The Morgan fingerprint density at radius 2 is 1.50 bits per heavy atom. The summed E-state index contributed by atoms with van der Waals surface area (Å²) >= 11 is 0. The van der Waals surface area contributed by atoms with Gasteiger partial charge in [-0.1, -0.05) is 17.7 Å². The second-order valence-corrected chi connectivity index (χ2v) is 5.19. The molecule has 3 N–H and O–H groups in total. The van der Waals surface area contributed by atoms with Crippen molar-refractivity contribution in [1.82, 2.24) is 0 Å². The van der Waals surface area contributed by atoms with Crippen LogP contribution in [-0.2, 0) is 0 Å². The maximum Gasteiger partial charge on any atom is 1.00 e. The molecule has 0 aromatic heterocycles. The molecule has 16 heavy (non-hydrogen) atoms. The average molecular weight is 237 g/mol. The maximum atomic E-state index is 11.5. The van der Waals surface area contributed by atoms with Crippen LogP contribution in [-0.4, -0.2) is 20.2 Å². The fourth-order valence-electron chi connectivity index (χ4n) is 1.67. The Hall–Kier alpha value is -0.203. The predicted molar refractivity (Wildman–Crippen MR) is 59.7 cm³/mol. The smallest absolute Gasteiger partial charge is 1.00 e. The van der Waals surface area contributed by atoms with Gasteiger partial charge in [-0.3, -0.25) is 0 Å². The van der Waals surface area contributed by atoms with Crippen molar-refractivity contribution in [1.29, 1.82) is 0 Å². The van der Waals surface area contributed by atoms with Gasteiger partial charge in [0.15, 0.2) is 0 Å². The van der Waals surface area contributed by atoms with Crippen LogP contribution in [0.4, 0.5) is 0 Å². The number of rotatable bonds is 2. The van der Waals surface area contributed by atoms with E-state index < -0.39 is 13.5 Å². The average Bonchev–Trinajstić information content (AvgIpc) is 1.99. The van der Waals surface area contributed by atoms with Crippen LogP contribution in [0.2, 0.25) is 0 Å². The van der Waals surface area contributed by atoms with Gasteiger partial charge in [0.2, 0.25) is 0 Å². The third kappa shape index (κ3) is 3.40. The van der Waals surface area contributed by atoms with Gasteiger partial charge in [0.05, 0.1) is 5.56 Å². The molecular weight excluding hydrogens is 222 g/mol. The van der Waals surface area contributed by atoms with Crippen LogP contribution in [0.25, 0.3) is 0 Å². The summed E-state index contributed by atoms with van der Waals surface area (Å²) in [6.45, 7) is 5.28. The number of hydrogen-bond acceptors (Lipinski definition) is 4. The van der Waals surface area contributed by atoms with E-state index in [-0.39, 0.29) is 25.9 Å².